The molecular formula is C23H24N4O8S2. The van der Waals surface area contributed by atoms with Crippen LogP contribution in [0.4, 0.5) is 11.4 Å². The van der Waals surface area contributed by atoms with Gasteiger partial charge in [-0.05, 0) is 31.4 Å². The molecular weight excluding hydrogens is 524 g/mol. The van der Waals surface area contributed by atoms with E-state index in [4.69, 9.17) is 0 Å². The third kappa shape index (κ3) is 5.18. The zero-order valence-electron chi connectivity index (χ0n) is 19.5. The van der Waals surface area contributed by atoms with Crippen molar-refractivity contribution in [3.63, 3.8) is 0 Å². The number of hydrogen-bond acceptors (Lipinski definition) is 8. The third-order valence-electron chi connectivity index (χ3n) is 6.27. The Morgan fingerprint density at radius 1 is 0.703 bits per heavy atom. The summed E-state index contributed by atoms with van der Waals surface area (Å²) in [6.07, 6.45) is 7.64. The molecule has 0 saturated heterocycles. The molecule has 0 N–H and O–H groups in total. The fourth-order valence-corrected chi connectivity index (χ4v) is 8.11. The molecule has 2 aliphatic rings. The van der Waals surface area contributed by atoms with Crippen LogP contribution in [0, 0.1) is 20.2 Å². The maximum Gasteiger partial charge on any atom is 0.289 e. The van der Waals surface area contributed by atoms with Crippen molar-refractivity contribution in [2.45, 2.75) is 41.1 Å². The lowest BCUT2D eigenvalue weighted by molar-refractivity contribution is -0.388. The van der Waals surface area contributed by atoms with E-state index in [1.807, 2.05) is 0 Å². The zero-order valence-corrected chi connectivity index (χ0v) is 21.1. The summed E-state index contributed by atoms with van der Waals surface area (Å²) in [5.74, 6) is 0. The highest BCUT2D eigenvalue weighted by Crippen LogP contribution is 2.34. The van der Waals surface area contributed by atoms with Crippen LogP contribution in [0.5, 0.6) is 0 Å². The fraction of sp³-hybridized carbons (Fsp3) is 0.304. The topological polar surface area (TPSA) is 161 Å². The Morgan fingerprint density at radius 2 is 1.08 bits per heavy atom. The maximum atomic E-state index is 13.5. The maximum absolute atomic E-state index is 13.5. The zero-order chi connectivity index (χ0) is 26.8. The highest BCUT2D eigenvalue weighted by Gasteiger charge is 2.40. The van der Waals surface area contributed by atoms with Crippen molar-refractivity contribution < 1.29 is 26.7 Å². The van der Waals surface area contributed by atoms with E-state index in [9.17, 15) is 37.1 Å². The van der Waals surface area contributed by atoms with Gasteiger partial charge in [-0.25, -0.2) is 16.8 Å². The first-order valence-electron chi connectivity index (χ1n) is 11.4. The molecule has 0 unspecified atom stereocenters. The van der Waals surface area contributed by atoms with Gasteiger partial charge >= 0.3 is 0 Å². The van der Waals surface area contributed by atoms with Crippen LogP contribution < -0.4 is 0 Å². The average molecular weight is 549 g/mol. The Balaban J connectivity index is 1.69. The summed E-state index contributed by atoms with van der Waals surface area (Å²) in [4.78, 5) is 20.6. The van der Waals surface area contributed by atoms with Gasteiger partial charge in [0, 0.05) is 37.3 Å². The largest absolute Gasteiger partial charge is 0.289 e. The molecule has 0 bridgehead atoms. The molecule has 2 aromatic rings. The molecule has 14 heteroatoms. The second-order valence-corrected chi connectivity index (χ2v) is 12.2. The molecule has 0 saturated carbocycles. The first-order chi connectivity index (χ1) is 17.5. The summed E-state index contributed by atoms with van der Waals surface area (Å²) in [5.41, 5.74) is -1.09. The minimum absolute atomic E-state index is 0.0206. The molecule has 2 aromatic carbocycles. The second-order valence-electron chi connectivity index (χ2n) is 8.49. The summed E-state index contributed by atoms with van der Waals surface area (Å²) >= 11 is 0. The van der Waals surface area contributed by atoms with Gasteiger partial charge in [0.05, 0.1) is 9.85 Å². The molecule has 2 heterocycles. The van der Waals surface area contributed by atoms with E-state index in [0.29, 0.717) is 12.8 Å². The van der Waals surface area contributed by atoms with Gasteiger partial charge in [0.15, 0.2) is 9.79 Å². The number of sulfonamides is 2. The van der Waals surface area contributed by atoms with Crippen molar-refractivity contribution in [2.75, 3.05) is 13.1 Å². The minimum atomic E-state index is -4.30. The molecule has 0 radical (unpaired) electrons. The van der Waals surface area contributed by atoms with Crippen molar-refractivity contribution in [2.24, 2.45) is 0 Å². The van der Waals surface area contributed by atoms with E-state index >= 15 is 0 Å². The SMILES string of the molecule is O=[N+]([O-])c1ccccc1S(=O)(=O)N1CCC=C[C@@H]1C[C@@H]1C=CCCN1S(=O)(=O)c1ccccc1[N+](=O)[O-]. The number of nitro groups is 2. The van der Waals surface area contributed by atoms with Crippen LogP contribution >= 0.6 is 0 Å². The summed E-state index contributed by atoms with van der Waals surface area (Å²) < 4.78 is 56.5. The number of rotatable bonds is 8. The molecule has 196 valence electrons. The first-order valence-corrected chi connectivity index (χ1v) is 14.3. The van der Waals surface area contributed by atoms with E-state index in [1.54, 1.807) is 24.3 Å². The van der Waals surface area contributed by atoms with Crippen LogP contribution in [0.2, 0.25) is 0 Å². The average Bonchev–Trinajstić information content (AvgIpc) is 2.89. The lowest BCUT2D eigenvalue weighted by atomic mass is 10.0. The summed E-state index contributed by atoms with van der Waals surface area (Å²) in [5, 5.41) is 23.0. The minimum Gasteiger partial charge on any atom is -0.258 e. The second kappa shape index (κ2) is 10.5. The van der Waals surface area contributed by atoms with E-state index in [1.165, 1.54) is 36.4 Å². The van der Waals surface area contributed by atoms with Gasteiger partial charge in [-0.2, -0.15) is 8.61 Å². The number of nitrogens with zero attached hydrogens (tertiary/aromatic N) is 4. The predicted octanol–water partition coefficient (Wildman–Crippen LogP) is 3.23. The predicted molar refractivity (Wildman–Crippen MR) is 134 cm³/mol. The number of benzene rings is 2. The Kier molecular flexibility index (Phi) is 7.54. The summed E-state index contributed by atoms with van der Waals surface area (Å²) in [6, 6.07) is 8.55. The first kappa shape index (κ1) is 26.6. The quantitative estimate of drug-likeness (QED) is 0.276. The molecule has 0 aromatic heterocycles. The van der Waals surface area contributed by atoms with E-state index in [0.717, 1.165) is 20.7 Å². The monoisotopic (exact) mass is 548 g/mol. The van der Waals surface area contributed by atoms with Crippen molar-refractivity contribution in [3.8, 4) is 0 Å². The lowest BCUT2D eigenvalue weighted by Crippen LogP contribution is -2.48. The molecule has 2 aliphatic heterocycles. The van der Waals surface area contributed by atoms with Gasteiger partial charge in [0.1, 0.15) is 0 Å². The Labute approximate surface area is 213 Å². The van der Waals surface area contributed by atoms with Gasteiger partial charge in [-0.15, -0.1) is 0 Å². The molecule has 0 aliphatic carbocycles. The van der Waals surface area contributed by atoms with Gasteiger partial charge < -0.3 is 0 Å². The van der Waals surface area contributed by atoms with Gasteiger partial charge in [0.2, 0.25) is 20.0 Å². The third-order valence-corrected chi connectivity index (χ3v) is 10.2. The fourth-order valence-electron chi connectivity index (χ4n) is 4.58. The Bertz CT molecular complexity index is 1380. The molecule has 37 heavy (non-hydrogen) atoms. The Morgan fingerprint density at radius 3 is 1.46 bits per heavy atom. The highest BCUT2D eigenvalue weighted by molar-refractivity contribution is 7.89. The highest BCUT2D eigenvalue weighted by atomic mass is 32.2. The number of para-hydroxylation sites is 2. The van der Waals surface area contributed by atoms with Gasteiger partial charge in [0.25, 0.3) is 11.4 Å². The molecule has 2 atom stereocenters. The normalized spacial score (nSPS) is 21.1. The van der Waals surface area contributed by atoms with Crippen molar-refractivity contribution in [1.29, 1.82) is 0 Å². The van der Waals surface area contributed by atoms with E-state index in [-0.39, 0.29) is 19.5 Å². The lowest BCUT2D eigenvalue weighted by Gasteiger charge is -2.37. The van der Waals surface area contributed by atoms with E-state index in [2.05, 4.69) is 0 Å². The van der Waals surface area contributed by atoms with Gasteiger partial charge in [-0.3, -0.25) is 20.2 Å². The van der Waals surface area contributed by atoms with Crippen molar-refractivity contribution in [1.82, 2.24) is 8.61 Å². The van der Waals surface area contributed by atoms with Gasteiger partial charge in [-0.1, -0.05) is 48.6 Å². The standard InChI is InChI=1S/C23H24N4O8S2/c28-26(29)20-11-1-3-13-22(20)36(32,33)24-15-7-5-9-18(24)17-19-10-6-8-16-25(19)37(34,35)23-14-4-2-12-21(23)27(30)31/h1-6,9-14,18-19H,7-8,15-17H2/t18-,19+. The summed E-state index contributed by atoms with van der Waals surface area (Å²) in [7, 11) is -8.60. The molecule has 0 fully saturated rings. The van der Waals surface area contributed by atoms with Crippen LogP contribution in [0.1, 0.15) is 19.3 Å². The van der Waals surface area contributed by atoms with Crippen molar-refractivity contribution >= 4 is 31.4 Å². The molecule has 0 spiro atoms. The molecule has 12 nitrogen and oxygen atoms in total. The van der Waals surface area contributed by atoms with Crippen LogP contribution in [0.3, 0.4) is 0 Å². The van der Waals surface area contributed by atoms with Crippen LogP contribution in [0.25, 0.3) is 0 Å². The van der Waals surface area contributed by atoms with Crippen LogP contribution in [0.15, 0.2) is 82.6 Å². The van der Waals surface area contributed by atoms with Crippen LogP contribution in [-0.4, -0.2) is 60.5 Å². The van der Waals surface area contributed by atoms with Crippen molar-refractivity contribution in [3.05, 3.63) is 93.1 Å². The molecule has 0 amide bonds. The van der Waals surface area contributed by atoms with Crippen LogP contribution in [-0.2, 0) is 20.0 Å². The Hall–Kier alpha value is -3.46. The smallest absolute Gasteiger partial charge is 0.258 e. The number of nitro benzene ring substituents is 2. The molecule has 4 rings (SSSR count). The van der Waals surface area contributed by atoms with E-state index < -0.39 is 63.1 Å². The number of hydrogen-bond donors (Lipinski definition) is 0. The summed E-state index contributed by atoms with van der Waals surface area (Å²) in [6.45, 7) is 0.117.